The Balaban J connectivity index is 2.10. The minimum absolute atomic E-state index is 0.664. The second-order valence-electron chi connectivity index (χ2n) is 6.84. The van der Waals surface area contributed by atoms with Crippen LogP contribution in [-0.2, 0) is 6.54 Å². The van der Waals surface area contributed by atoms with Crippen LogP contribution in [0, 0.1) is 11.8 Å². The monoisotopic (exact) mass is 274 g/mol. The van der Waals surface area contributed by atoms with Crippen molar-refractivity contribution in [2.75, 3.05) is 18.0 Å². The van der Waals surface area contributed by atoms with Crippen LogP contribution in [0.15, 0.2) is 24.3 Å². The summed E-state index contributed by atoms with van der Waals surface area (Å²) in [6.07, 6.45) is 2.68. The zero-order chi connectivity index (χ0) is 14.5. The lowest BCUT2D eigenvalue weighted by atomic mass is 9.93. The molecule has 0 aliphatic carbocycles. The molecule has 20 heavy (non-hydrogen) atoms. The number of anilines is 1. The molecule has 1 aromatic carbocycles. The third kappa shape index (κ3) is 3.99. The van der Waals surface area contributed by atoms with E-state index < -0.39 is 0 Å². The van der Waals surface area contributed by atoms with Crippen molar-refractivity contribution in [3.63, 3.8) is 0 Å². The van der Waals surface area contributed by atoms with Gasteiger partial charge in [-0.05, 0) is 49.8 Å². The Morgan fingerprint density at radius 1 is 1.20 bits per heavy atom. The lowest BCUT2D eigenvalue weighted by molar-refractivity contribution is 0.389. The van der Waals surface area contributed by atoms with Crippen molar-refractivity contribution in [2.45, 2.75) is 53.1 Å². The van der Waals surface area contributed by atoms with Crippen LogP contribution in [0.5, 0.6) is 0 Å². The highest BCUT2D eigenvalue weighted by Gasteiger charge is 2.24. The van der Waals surface area contributed by atoms with Gasteiger partial charge in [-0.1, -0.05) is 39.0 Å². The predicted molar refractivity (Wildman–Crippen MR) is 88.2 cm³/mol. The molecule has 1 aromatic rings. The van der Waals surface area contributed by atoms with Gasteiger partial charge < -0.3 is 10.2 Å². The van der Waals surface area contributed by atoms with Crippen molar-refractivity contribution in [2.24, 2.45) is 11.8 Å². The molecular weight excluding hydrogens is 244 g/mol. The normalized spacial score (nSPS) is 23.4. The van der Waals surface area contributed by atoms with Crippen molar-refractivity contribution in [1.82, 2.24) is 5.32 Å². The fourth-order valence-corrected chi connectivity index (χ4v) is 3.06. The van der Waals surface area contributed by atoms with E-state index >= 15 is 0 Å². The van der Waals surface area contributed by atoms with Gasteiger partial charge in [0.2, 0.25) is 0 Å². The van der Waals surface area contributed by atoms with E-state index in [4.69, 9.17) is 0 Å². The number of rotatable bonds is 5. The van der Waals surface area contributed by atoms with Crippen LogP contribution in [0.4, 0.5) is 5.69 Å². The first-order valence-corrected chi connectivity index (χ1v) is 8.13. The Kier molecular flexibility index (Phi) is 5.47. The second kappa shape index (κ2) is 7.12. The molecule has 1 heterocycles. The molecule has 2 atom stereocenters. The molecule has 0 aromatic heterocycles. The van der Waals surface area contributed by atoms with E-state index in [-0.39, 0.29) is 0 Å². The van der Waals surface area contributed by atoms with Crippen molar-refractivity contribution < 1.29 is 0 Å². The van der Waals surface area contributed by atoms with Crippen LogP contribution in [-0.4, -0.2) is 19.1 Å². The number of benzene rings is 1. The lowest BCUT2D eigenvalue weighted by Gasteiger charge is -2.39. The molecule has 0 bridgehead atoms. The number of nitrogens with one attached hydrogen (secondary N) is 1. The summed E-state index contributed by atoms with van der Waals surface area (Å²) >= 11 is 0. The van der Waals surface area contributed by atoms with Crippen LogP contribution in [0.25, 0.3) is 0 Å². The quantitative estimate of drug-likeness (QED) is 0.871. The molecule has 2 nitrogen and oxygen atoms in total. The van der Waals surface area contributed by atoms with Crippen LogP contribution < -0.4 is 10.2 Å². The summed E-state index contributed by atoms with van der Waals surface area (Å²) in [6.45, 7) is 12.5. The predicted octanol–water partition coefficient (Wildman–Crippen LogP) is 4.06. The van der Waals surface area contributed by atoms with Crippen molar-refractivity contribution in [1.29, 1.82) is 0 Å². The number of nitrogens with zero attached hydrogens (tertiary/aromatic N) is 1. The summed E-state index contributed by atoms with van der Waals surface area (Å²) in [5.41, 5.74) is 2.87. The van der Waals surface area contributed by atoms with Crippen molar-refractivity contribution >= 4 is 5.69 Å². The smallest absolute Gasteiger partial charge is 0.0414 e. The standard InChI is InChI=1S/C18H30N2/c1-14(2)11-19-12-17-7-5-6-8-18(17)20-13-15(3)9-10-16(20)4/h5-8,14-16,19H,9-13H2,1-4H3. The fraction of sp³-hybridized carbons (Fsp3) is 0.667. The van der Waals surface area contributed by atoms with Gasteiger partial charge >= 0.3 is 0 Å². The molecule has 112 valence electrons. The Bertz CT molecular complexity index is 414. The summed E-state index contributed by atoms with van der Waals surface area (Å²) < 4.78 is 0. The van der Waals surface area contributed by atoms with Crippen LogP contribution in [0.3, 0.4) is 0 Å². The summed E-state index contributed by atoms with van der Waals surface area (Å²) in [4.78, 5) is 2.61. The minimum atomic E-state index is 0.664. The average molecular weight is 274 g/mol. The lowest BCUT2D eigenvalue weighted by Crippen LogP contribution is -2.41. The second-order valence-corrected chi connectivity index (χ2v) is 6.84. The maximum Gasteiger partial charge on any atom is 0.0414 e. The SMILES string of the molecule is CC(C)CNCc1ccccc1N1CC(C)CCC1C. The summed E-state index contributed by atoms with van der Waals surface area (Å²) in [5.74, 6) is 1.51. The highest BCUT2D eigenvalue weighted by Crippen LogP contribution is 2.29. The van der Waals surface area contributed by atoms with E-state index in [1.54, 1.807) is 0 Å². The molecule has 0 spiro atoms. The van der Waals surface area contributed by atoms with Gasteiger partial charge in [-0.2, -0.15) is 0 Å². The number of para-hydroxylation sites is 1. The topological polar surface area (TPSA) is 15.3 Å². The molecule has 0 radical (unpaired) electrons. The van der Waals surface area contributed by atoms with E-state index in [0.717, 1.165) is 19.0 Å². The highest BCUT2D eigenvalue weighted by atomic mass is 15.2. The van der Waals surface area contributed by atoms with Gasteiger partial charge in [0, 0.05) is 24.8 Å². The van der Waals surface area contributed by atoms with E-state index in [1.807, 2.05) is 0 Å². The highest BCUT2D eigenvalue weighted by molar-refractivity contribution is 5.54. The molecule has 1 N–H and O–H groups in total. The molecular formula is C18H30N2. The summed E-state index contributed by atoms with van der Waals surface area (Å²) in [7, 11) is 0. The minimum Gasteiger partial charge on any atom is -0.368 e. The third-order valence-electron chi connectivity index (χ3n) is 4.29. The molecule has 2 heteroatoms. The summed E-state index contributed by atoms with van der Waals surface area (Å²) in [6, 6.07) is 9.56. The number of hydrogen-bond acceptors (Lipinski definition) is 2. The molecule has 2 unspecified atom stereocenters. The maximum atomic E-state index is 3.58. The number of hydrogen-bond donors (Lipinski definition) is 1. The largest absolute Gasteiger partial charge is 0.368 e. The zero-order valence-electron chi connectivity index (χ0n) is 13.5. The molecule has 1 saturated heterocycles. The Morgan fingerprint density at radius 3 is 2.70 bits per heavy atom. The van der Waals surface area contributed by atoms with Gasteiger partial charge in [-0.3, -0.25) is 0 Å². The first-order chi connectivity index (χ1) is 9.58. The van der Waals surface area contributed by atoms with Crippen LogP contribution >= 0.6 is 0 Å². The Hall–Kier alpha value is -1.02. The molecule has 1 aliphatic heterocycles. The number of piperidine rings is 1. The molecule has 1 aliphatic rings. The summed E-state index contributed by atoms with van der Waals surface area (Å²) in [5, 5.41) is 3.58. The first-order valence-electron chi connectivity index (χ1n) is 8.13. The Morgan fingerprint density at radius 2 is 1.95 bits per heavy atom. The van der Waals surface area contributed by atoms with Crippen molar-refractivity contribution in [3.05, 3.63) is 29.8 Å². The van der Waals surface area contributed by atoms with Gasteiger partial charge in [0.1, 0.15) is 0 Å². The molecule has 0 amide bonds. The van der Waals surface area contributed by atoms with Crippen LogP contribution in [0.1, 0.15) is 46.1 Å². The van der Waals surface area contributed by atoms with Crippen LogP contribution in [0.2, 0.25) is 0 Å². The van der Waals surface area contributed by atoms with Gasteiger partial charge in [0.15, 0.2) is 0 Å². The maximum absolute atomic E-state index is 3.58. The van der Waals surface area contributed by atoms with Gasteiger partial charge in [-0.25, -0.2) is 0 Å². The fourth-order valence-electron chi connectivity index (χ4n) is 3.06. The van der Waals surface area contributed by atoms with Crippen molar-refractivity contribution in [3.8, 4) is 0 Å². The molecule has 2 rings (SSSR count). The van der Waals surface area contributed by atoms with E-state index in [9.17, 15) is 0 Å². The molecule has 0 saturated carbocycles. The molecule has 1 fully saturated rings. The average Bonchev–Trinajstić information content (AvgIpc) is 2.42. The zero-order valence-corrected chi connectivity index (χ0v) is 13.5. The third-order valence-corrected chi connectivity index (χ3v) is 4.29. The van der Waals surface area contributed by atoms with Gasteiger partial charge in [0.05, 0.1) is 0 Å². The Labute approximate surface area is 124 Å². The van der Waals surface area contributed by atoms with Gasteiger partial charge in [-0.15, -0.1) is 0 Å². The van der Waals surface area contributed by atoms with Gasteiger partial charge in [0.25, 0.3) is 0 Å². The van der Waals surface area contributed by atoms with E-state index in [0.29, 0.717) is 12.0 Å². The van der Waals surface area contributed by atoms with E-state index in [2.05, 4.69) is 62.2 Å². The first kappa shape index (κ1) is 15.4. The van der Waals surface area contributed by atoms with E-state index in [1.165, 1.54) is 30.6 Å².